The van der Waals surface area contributed by atoms with Crippen molar-refractivity contribution < 1.29 is 8.78 Å². The molecule has 1 saturated heterocycles. The normalized spacial score (nSPS) is 19.5. The number of benzene rings is 1. The van der Waals surface area contributed by atoms with Crippen LogP contribution in [0.5, 0.6) is 0 Å². The van der Waals surface area contributed by atoms with E-state index in [0.717, 1.165) is 32.1 Å². The minimum atomic E-state index is -0.525. The molecule has 0 aliphatic carbocycles. The number of hydrogen-bond acceptors (Lipinski definition) is 2. The molecule has 1 aliphatic rings. The van der Waals surface area contributed by atoms with Crippen molar-refractivity contribution in [3.8, 4) is 0 Å². The molecule has 0 saturated carbocycles. The zero-order chi connectivity index (χ0) is 11.5. The molecule has 0 amide bonds. The predicted molar refractivity (Wildman–Crippen MR) is 75.1 cm³/mol. The fourth-order valence-electron chi connectivity index (χ4n) is 1.99. The van der Waals surface area contributed by atoms with Gasteiger partial charge in [-0.1, -0.05) is 0 Å². The first-order valence-corrected chi connectivity index (χ1v) is 5.60. The van der Waals surface area contributed by atoms with E-state index < -0.39 is 11.6 Å². The Balaban J connectivity index is 0.00000144. The second kappa shape index (κ2) is 7.77. The van der Waals surface area contributed by atoms with Gasteiger partial charge in [-0.2, -0.15) is 0 Å². The number of nitrogens with zero attached hydrogens (tertiary/aromatic N) is 1. The molecule has 2 nitrogen and oxygen atoms in total. The predicted octanol–water partition coefficient (Wildman–Crippen LogP) is 3.00. The van der Waals surface area contributed by atoms with Crippen molar-refractivity contribution in [2.75, 3.05) is 24.5 Å². The highest BCUT2D eigenvalue weighted by molar-refractivity contribution is 5.85. The molecule has 1 atom stereocenters. The molecule has 0 radical (unpaired) electrons. The van der Waals surface area contributed by atoms with Crippen LogP contribution in [0.4, 0.5) is 14.5 Å². The highest BCUT2D eigenvalue weighted by Gasteiger charge is 2.16. The molecule has 0 bridgehead atoms. The van der Waals surface area contributed by atoms with Crippen LogP contribution in [-0.2, 0) is 0 Å². The Morgan fingerprint density at radius 3 is 2.61 bits per heavy atom. The van der Waals surface area contributed by atoms with Crippen LogP contribution in [0.25, 0.3) is 0 Å². The highest BCUT2D eigenvalue weighted by Crippen LogP contribution is 2.21. The lowest BCUT2D eigenvalue weighted by molar-refractivity contribution is 0.565. The molecule has 0 aromatic heterocycles. The topological polar surface area (TPSA) is 15.3 Å². The lowest BCUT2D eigenvalue weighted by Crippen LogP contribution is -2.29. The van der Waals surface area contributed by atoms with E-state index in [9.17, 15) is 8.78 Å². The Bertz CT molecular complexity index is 377. The van der Waals surface area contributed by atoms with Crippen LogP contribution in [0, 0.1) is 11.6 Å². The Kier molecular flexibility index (Phi) is 7.52. The summed E-state index contributed by atoms with van der Waals surface area (Å²) < 4.78 is 26.3. The summed E-state index contributed by atoms with van der Waals surface area (Å²) in [6.45, 7) is 4.51. The molecule has 1 aliphatic heterocycles. The third-order valence-corrected chi connectivity index (χ3v) is 2.96. The van der Waals surface area contributed by atoms with Gasteiger partial charge in [0, 0.05) is 31.7 Å². The van der Waals surface area contributed by atoms with Gasteiger partial charge in [0.2, 0.25) is 0 Å². The molecule has 1 aromatic carbocycles. The number of rotatable bonds is 1. The van der Waals surface area contributed by atoms with E-state index in [4.69, 9.17) is 0 Å². The van der Waals surface area contributed by atoms with E-state index in [2.05, 4.69) is 12.2 Å². The fraction of sp³-hybridized carbons (Fsp3) is 0.500. The van der Waals surface area contributed by atoms with Crippen molar-refractivity contribution in [3.05, 3.63) is 29.8 Å². The zero-order valence-electron chi connectivity index (χ0n) is 10.2. The van der Waals surface area contributed by atoms with E-state index in [1.54, 1.807) is 0 Å². The molecule has 18 heavy (non-hydrogen) atoms. The SMILES string of the molecule is CC1CCN(c2ccc(F)cc2F)CCN1.Cl.Cl. The van der Waals surface area contributed by atoms with Gasteiger partial charge < -0.3 is 10.2 Å². The Morgan fingerprint density at radius 2 is 1.94 bits per heavy atom. The van der Waals surface area contributed by atoms with Gasteiger partial charge in [0.15, 0.2) is 0 Å². The number of halogens is 4. The lowest BCUT2D eigenvalue weighted by atomic mass is 10.2. The maximum Gasteiger partial charge on any atom is 0.149 e. The van der Waals surface area contributed by atoms with Gasteiger partial charge in [-0.25, -0.2) is 8.78 Å². The monoisotopic (exact) mass is 298 g/mol. The van der Waals surface area contributed by atoms with E-state index in [1.165, 1.54) is 12.1 Å². The quantitative estimate of drug-likeness (QED) is 0.857. The number of nitrogens with one attached hydrogen (secondary N) is 1. The van der Waals surface area contributed by atoms with Gasteiger partial charge in [0.05, 0.1) is 5.69 Å². The maximum atomic E-state index is 13.6. The van der Waals surface area contributed by atoms with Crippen molar-refractivity contribution >= 4 is 30.5 Å². The van der Waals surface area contributed by atoms with Crippen LogP contribution in [0.3, 0.4) is 0 Å². The van der Waals surface area contributed by atoms with Crippen LogP contribution >= 0.6 is 24.8 Å². The molecule has 1 N–H and O–H groups in total. The molecular formula is C12H18Cl2F2N2. The third-order valence-electron chi connectivity index (χ3n) is 2.96. The molecule has 0 spiro atoms. The molecule has 2 rings (SSSR count). The first kappa shape index (κ1) is 17.4. The van der Waals surface area contributed by atoms with Gasteiger partial charge in [0.1, 0.15) is 11.6 Å². The van der Waals surface area contributed by atoms with Crippen LogP contribution in [0.2, 0.25) is 0 Å². The average molecular weight is 299 g/mol. The first-order valence-electron chi connectivity index (χ1n) is 5.60. The molecular weight excluding hydrogens is 281 g/mol. The largest absolute Gasteiger partial charge is 0.368 e. The summed E-state index contributed by atoms with van der Waals surface area (Å²) in [5, 5.41) is 3.34. The van der Waals surface area contributed by atoms with Crippen molar-refractivity contribution in [1.29, 1.82) is 0 Å². The van der Waals surface area contributed by atoms with Crippen molar-refractivity contribution in [3.63, 3.8) is 0 Å². The van der Waals surface area contributed by atoms with Crippen molar-refractivity contribution in [2.24, 2.45) is 0 Å². The van der Waals surface area contributed by atoms with Gasteiger partial charge >= 0.3 is 0 Å². The summed E-state index contributed by atoms with van der Waals surface area (Å²) in [4.78, 5) is 1.96. The van der Waals surface area contributed by atoms with Gasteiger partial charge in [-0.05, 0) is 25.5 Å². The highest BCUT2D eigenvalue weighted by atomic mass is 35.5. The fourth-order valence-corrected chi connectivity index (χ4v) is 1.99. The summed E-state index contributed by atoms with van der Waals surface area (Å²) in [7, 11) is 0. The number of anilines is 1. The standard InChI is InChI=1S/C12H16F2N2.2ClH/c1-9-4-6-16(7-5-15-9)12-3-2-10(13)8-11(12)14;;/h2-3,8-9,15H,4-7H2,1H3;2*1H. The van der Waals surface area contributed by atoms with Crippen LogP contribution in [0.1, 0.15) is 13.3 Å². The average Bonchev–Trinajstić information content (AvgIpc) is 2.43. The van der Waals surface area contributed by atoms with Crippen LogP contribution < -0.4 is 10.2 Å². The van der Waals surface area contributed by atoms with Gasteiger partial charge in [-0.3, -0.25) is 0 Å². The summed E-state index contributed by atoms with van der Waals surface area (Å²) in [6.07, 6.45) is 0.969. The number of hydrogen-bond donors (Lipinski definition) is 1. The van der Waals surface area contributed by atoms with Crippen LogP contribution in [-0.4, -0.2) is 25.7 Å². The lowest BCUT2D eigenvalue weighted by Gasteiger charge is -2.22. The summed E-state index contributed by atoms with van der Waals surface area (Å²) in [5.74, 6) is -1.00. The van der Waals surface area contributed by atoms with Crippen molar-refractivity contribution in [2.45, 2.75) is 19.4 Å². The molecule has 1 heterocycles. The Morgan fingerprint density at radius 1 is 1.22 bits per heavy atom. The minimum absolute atomic E-state index is 0. The van der Waals surface area contributed by atoms with E-state index in [1.807, 2.05) is 4.90 Å². The minimum Gasteiger partial charge on any atom is -0.368 e. The zero-order valence-corrected chi connectivity index (χ0v) is 11.8. The van der Waals surface area contributed by atoms with E-state index in [0.29, 0.717) is 11.7 Å². The van der Waals surface area contributed by atoms with E-state index in [-0.39, 0.29) is 24.8 Å². The molecule has 1 fully saturated rings. The second-order valence-corrected chi connectivity index (χ2v) is 4.23. The Labute approximate surface area is 119 Å². The van der Waals surface area contributed by atoms with Gasteiger partial charge in [-0.15, -0.1) is 24.8 Å². The smallest absolute Gasteiger partial charge is 0.149 e. The molecule has 6 heteroatoms. The third kappa shape index (κ3) is 4.26. The first-order chi connectivity index (χ1) is 7.66. The Hall–Kier alpha value is -0.580. The van der Waals surface area contributed by atoms with Gasteiger partial charge in [0.25, 0.3) is 0 Å². The van der Waals surface area contributed by atoms with E-state index >= 15 is 0 Å². The summed E-state index contributed by atoms with van der Waals surface area (Å²) in [6, 6.07) is 4.21. The molecule has 1 aromatic rings. The second-order valence-electron chi connectivity index (χ2n) is 4.23. The van der Waals surface area contributed by atoms with Crippen LogP contribution in [0.15, 0.2) is 18.2 Å². The molecule has 1 unspecified atom stereocenters. The summed E-state index contributed by atoms with van der Waals surface area (Å²) >= 11 is 0. The maximum absolute atomic E-state index is 13.6. The molecule has 104 valence electrons. The summed E-state index contributed by atoms with van der Waals surface area (Å²) in [5.41, 5.74) is 0.498. The van der Waals surface area contributed by atoms with Crippen molar-refractivity contribution in [1.82, 2.24) is 5.32 Å².